The molecule has 0 saturated carbocycles. The average Bonchev–Trinajstić information content (AvgIpc) is 2.52. The number of rotatable bonds is 5. The maximum atomic E-state index is 11.4. The van der Waals surface area contributed by atoms with E-state index in [0.29, 0.717) is 0 Å². The van der Waals surface area contributed by atoms with Crippen LogP contribution in [0, 0.1) is 10.1 Å². The Morgan fingerprint density at radius 3 is 2.57 bits per heavy atom. The molecule has 0 atom stereocenters. The van der Waals surface area contributed by atoms with Crippen LogP contribution in [0.15, 0.2) is 42.5 Å². The first-order chi connectivity index (χ1) is 10.1. The van der Waals surface area contributed by atoms with Crippen molar-refractivity contribution in [3.05, 3.63) is 63.8 Å². The van der Waals surface area contributed by atoms with Crippen molar-refractivity contribution >= 4 is 11.7 Å². The van der Waals surface area contributed by atoms with Gasteiger partial charge in [0.1, 0.15) is 6.61 Å². The SMILES string of the molecule is COC(=O)c1ccc([N+](=O)[O-])c(OCc2ccccc2)n1. The fourth-order valence-corrected chi connectivity index (χ4v) is 1.62. The second-order valence-corrected chi connectivity index (χ2v) is 4.04. The Kier molecular flexibility index (Phi) is 4.45. The van der Waals surface area contributed by atoms with Crippen molar-refractivity contribution in [3.63, 3.8) is 0 Å². The summed E-state index contributed by atoms with van der Waals surface area (Å²) in [6.45, 7) is 0.110. The highest BCUT2D eigenvalue weighted by atomic mass is 16.6. The zero-order valence-corrected chi connectivity index (χ0v) is 11.2. The number of esters is 1. The summed E-state index contributed by atoms with van der Waals surface area (Å²) in [7, 11) is 1.20. The molecule has 0 N–H and O–H groups in total. The van der Waals surface area contributed by atoms with Gasteiger partial charge in [0.05, 0.1) is 12.0 Å². The fraction of sp³-hybridized carbons (Fsp3) is 0.143. The molecule has 0 saturated heterocycles. The zero-order chi connectivity index (χ0) is 15.2. The van der Waals surface area contributed by atoms with Gasteiger partial charge in [-0.15, -0.1) is 0 Å². The third-order valence-corrected chi connectivity index (χ3v) is 2.65. The van der Waals surface area contributed by atoms with Crippen LogP contribution < -0.4 is 4.74 Å². The number of hydrogen-bond acceptors (Lipinski definition) is 6. The van der Waals surface area contributed by atoms with Gasteiger partial charge in [-0.25, -0.2) is 9.78 Å². The Balaban J connectivity index is 2.26. The van der Waals surface area contributed by atoms with Gasteiger partial charge in [-0.3, -0.25) is 10.1 Å². The highest BCUT2D eigenvalue weighted by molar-refractivity contribution is 5.87. The predicted octanol–water partition coefficient (Wildman–Crippen LogP) is 2.36. The Labute approximate surface area is 120 Å². The minimum absolute atomic E-state index is 0.0499. The van der Waals surface area contributed by atoms with Gasteiger partial charge in [0.25, 0.3) is 5.88 Å². The Morgan fingerprint density at radius 2 is 1.95 bits per heavy atom. The van der Waals surface area contributed by atoms with Crippen molar-refractivity contribution in [1.29, 1.82) is 0 Å². The van der Waals surface area contributed by atoms with Gasteiger partial charge in [0.15, 0.2) is 5.69 Å². The van der Waals surface area contributed by atoms with Crippen LogP contribution in [0.25, 0.3) is 0 Å². The Morgan fingerprint density at radius 1 is 1.24 bits per heavy atom. The minimum Gasteiger partial charge on any atom is -0.468 e. The zero-order valence-electron chi connectivity index (χ0n) is 11.2. The number of benzene rings is 1. The predicted molar refractivity (Wildman–Crippen MR) is 73.0 cm³/mol. The molecule has 7 heteroatoms. The molecule has 0 bridgehead atoms. The van der Waals surface area contributed by atoms with E-state index in [1.54, 1.807) is 0 Å². The van der Waals surface area contributed by atoms with E-state index >= 15 is 0 Å². The molecule has 21 heavy (non-hydrogen) atoms. The molecular weight excluding hydrogens is 276 g/mol. The normalized spacial score (nSPS) is 9.95. The lowest BCUT2D eigenvalue weighted by atomic mass is 10.2. The molecule has 0 unspecified atom stereocenters. The van der Waals surface area contributed by atoms with Crippen LogP contribution >= 0.6 is 0 Å². The van der Waals surface area contributed by atoms with Gasteiger partial charge in [-0.2, -0.15) is 0 Å². The standard InChI is InChI=1S/C14H12N2O5/c1-20-14(17)11-7-8-12(16(18)19)13(15-11)21-9-10-5-3-2-4-6-10/h2-8H,9H2,1H3. The minimum atomic E-state index is -0.686. The third kappa shape index (κ3) is 3.53. The van der Waals surface area contributed by atoms with E-state index in [0.717, 1.165) is 5.56 Å². The summed E-state index contributed by atoms with van der Waals surface area (Å²) in [4.78, 5) is 25.6. The first-order valence-electron chi connectivity index (χ1n) is 6.02. The van der Waals surface area contributed by atoms with Gasteiger partial charge < -0.3 is 9.47 Å². The molecule has 0 spiro atoms. The number of pyridine rings is 1. The lowest BCUT2D eigenvalue weighted by Crippen LogP contribution is -2.08. The smallest absolute Gasteiger partial charge is 0.356 e. The van der Waals surface area contributed by atoms with Gasteiger partial charge in [-0.05, 0) is 11.6 Å². The number of hydrogen-bond donors (Lipinski definition) is 0. The number of methoxy groups -OCH3 is 1. The molecule has 1 aromatic carbocycles. The highest BCUT2D eigenvalue weighted by Crippen LogP contribution is 2.25. The van der Waals surface area contributed by atoms with Crippen molar-refractivity contribution in [2.75, 3.05) is 7.11 Å². The van der Waals surface area contributed by atoms with E-state index in [9.17, 15) is 14.9 Å². The molecule has 0 aliphatic rings. The van der Waals surface area contributed by atoms with Crippen LogP contribution in [0.2, 0.25) is 0 Å². The van der Waals surface area contributed by atoms with Crippen LogP contribution in [0.3, 0.4) is 0 Å². The summed E-state index contributed by atoms with van der Waals surface area (Å²) in [5.74, 6) is -0.902. The number of carbonyl (C=O) groups excluding carboxylic acids is 1. The molecule has 2 rings (SSSR count). The number of nitro groups is 1. The summed E-state index contributed by atoms with van der Waals surface area (Å²) < 4.78 is 9.89. The van der Waals surface area contributed by atoms with E-state index in [4.69, 9.17) is 4.74 Å². The molecule has 0 amide bonds. The summed E-state index contributed by atoms with van der Waals surface area (Å²) in [6.07, 6.45) is 0. The molecule has 0 fully saturated rings. The van der Waals surface area contributed by atoms with Gasteiger partial charge >= 0.3 is 11.7 Å². The Bertz CT molecular complexity index is 658. The quantitative estimate of drug-likeness (QED) is 0.476. The topological polar surface area (TPSA) is 91.6 Å². The maximum absolute atomic E-state index is 11.4. The molecule has 7 nitrogen and oxygen atoms in total. The molecular formula is C14H12N2O5. The van der Waals surface area contributed by atoms with Crippen molar-refractivity contribution in [3.8, 4) is 5.88 Å². The van der Waals surface area contributed by atoms with Crippen LogP contribution in [0.4, 0.5) is 5.69 Å². The number of carbonyl (C=O) groups is 1. The second kappa shape index (κ2) is 6.47. The number of ether oxygens (including phenoxy) is 2. The second-order valence-electron chi connectivity index (χ2n) is 4.04. The first kappa shape index (κ1) is 14.4. The van der Waals surface area contributed by atoms with Crippen molar-refractivity contribution < 1.29 is 19.2 Å². The molecule has 2 aromatic rings. The summed E-state index contributed by atoms with van der Waals surface area (Å²) in [5.41, 5.74) is 0.474. The van der Waals surface area contributed by atoms with Crippen molar-refractivity contribution in [2.45, 2.75) is 6.61 Å². The lowest BCUT2D eigenvalue weighted by Gasteiger charge is -2.07. The maximum Gasteiger partial charge on any atom is 0.356 e. The molecule has 0 aliphatic carbocycles. The average molecular weight is 288 g/mol. The first-order valence-corrected chi connectivity index (χ1v) is 6.02. The van der Waals surface area contributed by atoms with Crippen LogP contribution in [-0.4, -0.2) is 23.0 Å². The number of aromatic nitrogens is 1. The van der Waals surface area contributed by atoms with Crippen LogP contribution in [0.1, 0.15) is 16.1 Å². The monoisotopic (exact) mass is 288 g/mol. The molecule has 0 radical (unpaired) electrons. The number of nitrogens with zero attached hydrogens (tertiary/aromatic N) is 2. The summed E-state index contributed by atoms with van der Waals surface area (Å²) in [6, 6.07) is 11.5. The van der Waals surface area contributed by atoms with E-state index in [-0.39, 0.29) is 23.9 Å². The van der Waals surface area contributed by atoms with Gasteiger partial charge in [0.2, 0.25) is 0 Å². The summed E-state index contributed by atoms with van der Waals surface area (Å²) >= 11 is 0. The molecule has 1 aromatic heterocycles. The molecule has 1 heterocycles. The van der Waals surface area contributed by atoms with Crippen LogP contribution in [-0.2, 0) is 11.3 Å². The summed E-state index contributed by atoms with van der Waals surface area (Å²) in [5, 5.41) is 11.0. The van der Waals surface area contributed by atoms with E-state index in [1.165, 1.54) is 19.2 Å². The lowest BCUT2D eigenvalue weighted by molar-refractivity contribution is -0.386. The van der Waals surface area contributed by atoms with Gasteiger partial charge in [0, 0.05) is 6.07 Å². The third-order valence-electron chi connectivity index (χ3n) is 2.65. The Hall–Kier alpha value is -2.96. The van der Waals surface area contributed by atoms with E-state index in [1.807, 2.05) is 30.3 Å². The largest absolute Gasteiger partial charge is 0.468 e. The fourth-order valence-electron chi connectivity index (χ4n) is 1.62. The van der Waals surface area contributed by atoms with Crippen LogP contribution in [0.5, 0.6) is 5.88 Å². The van der Waals surface area contributed by atoms with Crippen molar-refractivity contribution in [2.24, 2.45) is 0 Å². The van der Waals surface area contributed by atoms with Crippen molar-refractivity contribution in [1.82, 2.24) is 4.98 Å². The van der Waals surface area contributed by atoms with Gasteiger partial charge in [-0.1, -0.05) is 30.3 Å². The van der Waals surface area contributed by atoms with E-state index < -0.39 is 10.9 Å². The highest BCUT2D eigenvalue weighted by Gasteiger charge is 2.20. The molecule has 108 valence electrons. The van der Waals surface area contributed by atoms with E-state index in [2.05, 4.69) is 9.72 Å². The molecule has 0 aliphatic heterocycles.